The fourth-order valence-electron chi connectivity index (χ4n) is 1.93. The Morgan fingerprint density at radius 2 is 2.27 bits per heavy atom. The van der Waals surface area contributed by atoms with Gasteiger partial charge in [0.1, 0.15) is 5.82 Å². The zero-order chi connectivity index (χ0) is 10.8. The summed E-state index contributed by atoms with van der Waals surface area (Å²) >= 11 is 0. The first-order valence-electron chi connectivity index (χ1n) is 5.00. The van der Waals surface area contributed by atoms with Crippen molar-refractivity contribution in [1.29, 1.82) is 0 Å². The number of hydrogen-bond donors (Lipinski definition) is 1. The van der Waals surface area contributed by atoms with Crippen molar-refractivity contribution in [2.24, 2.45) is 5.84 Å². The topological polar surface area (TPSA) is 46.3 Å². The molecule has 1 heterocycles. The molecule has 80 valence electrons. The lowest BCUT2D eigenvalue weighted by molar-refractivity contribution is -0.135. The molecular formula is C11H13FN2O. The second kappa shape index (κ2) is 3.98. The van der Waals surface area contributed by atoms with Crippen LogP contribution in [0.5, 0.6) is 0 Å². The van der Waals surface area contributed by atoms with E-state index in [1.165, 1.54) is 17.1 Å². The standard InChI is InChI=1S/C11H13FN2O/c12-9-4-1-3-8(7-9)10-5-2-6-14(13)11(10)15/h1,3-4,7,10H,2,5-6,13H2. The first-order chi connectivity index (χ1) is 7.18. The zero-order valence-corrected chi connectivity index (χ0v) is 8.32. The van der Waals surface area contributed by atoms with Crippen molar-refractivity contribution < 1.29 is 9.18 Å². The molecule has 15 heavy (non-hydrogen) atoms. The minimum atomic E-state index is -0.311. The smallest absolute Gasteiger partial charge is 0.244 e. The van der Waals surface area contributed by atoms with E-state index in [0.717, 1.165) is 18.4 Å². The summed E-state index contributed by atoms with van der Waals surface area (Å²) in [5, 5.41) is 1.22. The molecule has 3 nitrogen and oxygen atoms in total. The Labute approximate surface area is 87.6 Å². The van der Waals surface area contributed by atoms with Gasteiger partial charge in [0.15, 0.2) is 0 Å². The Hall–Kier alpha value is -1.42. The number of benzene rings is 1. The van der Waals surface area contributed by atoms with Crippen molar-refractivity contribution in [2.45, 2.75) is 18.8 Å². The maximum absolute atomic E-state index is 13.0. The number of hydrazine groups is 1. The molecule has 1 unspecified atom stereocenters. The molecule has 2 rings (SSSR count). The number of nitrogens with two attached hydrogens (primary N) is 1. The molecule has 0 bridgehead atoms. The number of amides is 1. The van der Waals surface area contributed by atoms with E-state index in [2.05, 4.69) is 0 Å². The first-order valence-corrected chi connectivity index (χ1v) is 5.00. The van der Waals surface area contributed by atoms with Crippen LogP contribution in [0.2, 0.25) is 0 Å². The fraction of sp³-hybridized carbons (Fsp3) is 0.364. The third-order valence-electron chi connectivity index (χ3n) is 2.72. The minimum Gasteiger partial charge on any atom is -0.280 e. The van der Waals surface area contributed by atoms with Crippen LogP contribution in [0.25, 0.3) is 0 Å². The summed E-state index contributed by atoms with van der Waals surface area (Å²) in [6.07, 6.45) is 1.61. The Kier molecular flexibility index (Phi) is 2.68. The number of carbonyl (C=O) groups excluding carboxylic acids is 1. The Bertz CT molecular complexity index is 381. The molecule has 1 saturated heterocycles. The number of carbonyl (C=O) groups is 1. The third kappa shape index (κ3) is 1.99. The number of halogens is 1. The van der Waals surface area contributed by atoms with Crippen LogP contribution < -0.4 is 5.84 Å². The summed E-state index contributed by atoms with van der Waals surface area (Å²) in [6.45, 7) is 0.588. The van der Waals surface area contributed by atoms with Gasteiger partial charge in [-0.25, -0.2) is 10.2 Å². The minimum absolute atomic E-state index is 0.119. The van der Waals surface area contributed by atoms with Crippen molar-refractivity contribution >= 4 is 5.91 Å². The summed E-state index contributed by atoms with van der Waals surface area (Å²) in [5.41, 5.74) is 0.718. The Morgan fingerprint density at radius 3 is 3.00 bits per heavy atom. The van der Waals surface area contributed by atoms with E-state index in [4.69, 9.17) is 5.84 Å². The first kappa shape index (κ1) is 10.1. The van der Waals surface area contributed by atoms with Gasteiger partial charge in [-0.05, 0) is 30.5 Å². The van der Waals surface area contributed by atoms with Gasteiger partial charge >= 0.3 is 0 Å². The zero-order valence-electron chi connectivity index (χ0n) is 8.32. The van der Waals surface area contributed by atoms with Gasteiger partial charge in [0.25, 0.3) is 0 Å². The number of rotatable bonds is 1. The van der Waals surface area contributed by atoms with Crippen LogP contribution in [0.3, 0.4) is 0 Å². The van der Waals surface area contributed by atoms with E-state index in [0.29, 0.717) is 6.54 Å². The monoisotopic (exact) mass is 208 g/mol. The maximum Gasteiger partial charge on any atom is 0.244 e. The van der Waals surface area contributed by atoms with Gasteiger partial charge < -0.3 is 0 Å². The molecule has 0 aromatic heterocycles. The fourth-order valence-corrected chi connectivity index (χ4v) is 1.93. The van der Waals surface area contributed by atoms with E-state index in [9.17, 15) is 9.18 Å². The normalized spacial score (nSPS) is 21.9. The van der Waals surface area contributed by atoms with Gasteiger partial charge in [0.05, 0.1) is 5.92 Å². The Balaban J connectivity index is 2.26. The highest BCUT2D eigenvalue weighted by Gasteiger charge is 2.28. The Morgan fingerprint density at radius 1 is 1.47 bits per heavy atom. The van der Waals surface area contributed by atoms with Gasteiger partial charge in [0.2, 0.25) is 5.91 Å². The predicted octanol–water partition coefficient (Wildman–Crippen LogP) is 1.41. The third-order valence-corrected chi connectivity index (χ3v) is 2.72. The molecule has 1 amide bonds. The van der Waals surface area contributed by atoms with Crippen molar-refractivity contribution in [3.8, 4) is 0 Å². The van der Waals surface area contributed by atoms with Crippen molar-refractivity contribution in [3.63, 3.8) is 0 Å². The highest BCUT2D eigenvalue weighted by atomic mass is 19.1. The molecule has 0 aliphatic carbocycles. The maximum atomic E-state index is 13.0. The number of hydrogen-bond acceptors (Lipinski definition) is 2. The summed E-state index contributed by atoms with van der Waals surface area (Å²) in [7, 11) is 0. The molecule has 4 heteroatoms. The summed E-state index contributed by atoms with van der Waals surface area (Å²) < 4.78 is 13.0. The largest absolute Gasteiger partial charge is 0.280 e. The van der Waals surface area contributed by atoms with Gasteiger partial charge in [-0.2, -0.15) is 0 Å². The molecule has 0 spiro atoms. The lowest BCUT2D eigenvalue weighted by atomic mass is 9.90. The van der Waals surface area contributed by atoms with Crippen LogP contribution in [0.15, 0.2) is 24.3 Å². The van der Waals surface area contributed by atoms with Crippen molar-refractivity contribution in [2.75, 3.05) is 6.54 Å². The van der Waals surface area contributed by atoms with E-state index in [1.807, 2.05) is 0 Å². The molecule has 0 saturated carbocycles. The molecule has 1 aromatic carbocycles. The van der Waals surface area contributed by atoms with Crippen molar-refractivity contribution in [3.05, 3.63) is 35.6 Å². The van der Waals surface area contributed by atoms with Crippen LogP contribution in [0.4, 0.5) is 4.39 Å². The average molecular weight is 208 g/mol. The van der Waals surface area contributed by atoms with Gasteiger partial charge in [0, 0.05) is 6.54 Å². The molecule has 1 aromatic rings. The van der Waals surface area contributed by atoms with Crippen LogP contribution in [-0.2, 0) is 4.79 Å². The van der Waals surface area contributed by atoms with Crippen LogP contribution in [0.1, 0.15) is 24.3 Å². The lowest BCUT2D eigenvalue weighted by Gasteiger charge is -2.28. The molecule has 1 fully saturated rings. The van der Waals surface area contributed by atoms with E-state index in [-0.39, 0.29) is 17.6 Å². The molecule has 0 radical (unpaired) electrons. The van der Waals surface area contributed by atoms with Crippen LogP contribution in [-0.4, -0.2) is 17.5 Å². The quantitative estimate of drug-likeness (QED) is 0.560. The molecule has 1 aliphatic heterocycles. The summed E-state index contributed by atoms with van der Waals surface area (Å²) in [5.74, 6) is 4.83. The van der Waals surface area contributed by atoms with Crippen LogP contribution >= 0.6 is 0 Å². The molecule has 2 N–H and O–H groups in total. The molecule has 1 atom stereocenters. The highest BCUT2D eigenvalue weighted by molar-refractivity contribution is 5.83. The number of nitrogens with zero attached hydrogens (tertiary/aromatic N) is 1. The van der Waals surface area contributed by atoms with Crippen molar-refractivity contribution in [1.82, 2.24) is 5.01 Å². The summed E-state index contributed by atoms with van der Waals surface area (Å²) in [6, 6.07) is 6.16. The summed E-state index contributed by atoms with van der Waals surface area (Å²) in [4.78, 5) is 11.7. The SMILES string of the molecule is NN1CCCC(c2cccc(F)c2)C1=O. The predicted molar refractivity (Wildman–Crippen MR) is 54.3 cm³/mol. The lowest BCUT2D eigenvalue weighted by Crippen LogP contribution is -2.44. The van der Waals surface area contributed by atoms with Gasteiger partial charge in [-0.1, -0.05) is 12.1 Å². The second-order valence-electron chi connectivity index (χ2n) is 3.78. The van der Waals surface area contributed by atoms with Crippen LogP contribution in [0, 0.1) is 5.82 Å². The van der Waals surface area contributed by atoms with Gasteiger partial charge in [-0.15, -0.1) is 0 Å². The van der Waals surface area contributed by atoms with E-state index < -0.39 is 0 Å². The van der Waals surface area contributed by atoms with Gasteiger partial charge in [-0.3, -0.25) is 9.80 Å². The average Bonchev–Trinajstić information content (AvgIpc) is 2.22. The number of piperidine rings is 1. The van der Waals surface area contributed by atoms with E-state index >= 15 is 0 Å². The molecular weight excluding hydrogens is 195 g/mol. The molecule has 1 aliphatic rings. The van der Waals surface area contributed by atoms with E-state index in [1.54, 1.807) is 12.1 Å². The second-order valence-corrected chi connectivity index (χ2v) is 3.78. The highest BCUT2D eigenvalue weighted by Crippen LogP contribution is 2.26.